The molecule has 0 aliphatic carbocycles. The van der Waals surface area contributed by atoms with Crippen molar-refractivity contribution >= 4 is 63.3 Å². The molecular formula is C25H17ClN6O7. The maximum absolute atomic E-state index is 11.8. The van der Waals surface area contributed by atoms with Crippen molar-refractivity contribution in [2.45, 2.75) is 0 Å². The van der Waals surface area contributed by atoms with Gasteiger partial charge in [-0.25, -0.2) is 0 Å². The molecule has 4 aromatic rings. The lowest BCUT2D eigenvalue weighted by molar-refractivity contribution is -0.393. The number of rotatable bonds is 9. The molecule has 4 aromatic carbocycles. The minimum Gasteiger partial charge on any atom is -0.507 e. The third kappa shape index (κ3) is 6.23. The predicted molar refractivity (Wildman–Crippen MR) is 146 cm³/mol. The number of phenols is 1. The number of hydrogen-bond donors (Lipinski definition) is 3. The van der Waals surface area contributed by atoms with Crippen LogP contribution in [0.3, 0.4) is 0 Å². The highest BCUT2D eigenvalue weighted by atomic mass is 35.5. The molecule has 196 valence electrons. The molecule has 4 rings (SSSR count). The van der Waals surface area contributed by atoms with Crippen LogP contribution in [0.15, 0.2) is 83.9 Å². The Bertz CT molecular complexity index is 1630. The Morgan fingerprint density at radius 3 is 2.03 bits per heavy atom. The van der Waals surface area contributed by atoms with Gasteiger partial charge in [-0.05, 0) is 48.5 Å². The van der Waals surface area contributed by atoms with Crippen molar-refractivity contribution in [2.75, 3.05) is 10.6 Å². The second kappa shape index (κ2) is 11.2. The van der Waals surface area contributed by atoms with Crippen LogP contribution in [0.4, 0.5) is 45.5 Å². The number of nitrogens with zero attached hydrogens (tertiary/aromatic N) is 4. The van der Waals surface area contributed by atoms with Gasteiger partial charge in [-0.15, -0.1) is 0 Å². The fourth-order valence-electron chi connectivity index (χ4n) is 3.50. The SMILES string of the molecule is O=[N+]([O-])c1ccc(O)c(C=Nc2ccccc2Nc2cc(Nc3ccc(Cl)cc3)c([N+](=O)[O-])cc2[N+](=O)[O-])c1. The maximum atomic E-state index is 11.8. The molecule has 0 bridgehead atoms. The Labute approximate surface area is 224 Å². The first-order valence-electron chi connectivity index (χ1n) is 11.0. The molecule has 0 amide bonds. The number of aliphatic imine (C=N–C) groups is 1. The van der Waals surface area contributed by atoms with E-state index in [-0.39, 0.29) is 39.7 Å². The van der Waals surface area contributed by atoms with Gasteiger partial charge in [-0.3, -0.25) is 35.3 Å². The quantitative estimate of drug-likeness (QED) is 0.112. The van der Waals surface area contributed by atoms with E-state index in [1.807, 2.05) is 0 Å². The summed E-state index contributed by atoms with van der Waals surface area (Å²) in [4.78, 5) is 36.7. The molecule has 0 radical (unpaired) electrons. The summed E-state index contributed by atoms with van der Waals surface area (Å²) in [6.07, 6.45) is 1.21. The fraction of sp³-hybridized carbons (Fsp3) is 0. The number of nitro groups is 3. The molecule has 39 heavy (non-hydrogen) atoms. The Hall–Kier alpha value is -5.56. The van der Waals surface area contributed by atoms with Gasteiger partial charge in [-0.1, -0.05) is 23.7 Å². The number of nitro benzene ring substituents is 3. The van der Waals surface area contributed by atoms with Crippen molar-refractivity contribution in [3.05, 3.63) is 120 Å². The average molecular weight is 549 g/mol. The van der Waals surface area contributed by atoms with E-state index in [0.717, 1.165) is 18.2 Å². The van der Waals surface area contributed by atoms with Crippen LogP contribution in [-0.2, 0) is 0 Å². The lowest BCUT2D eigenvalue weighted by atomic mass is 10.1. The Morgan fingerprint density at radius 1 is 0.744 bits per heavy atom. The highest BCUT2D eigenvalue weighted by Gasteiger charge is 2.25. The van der Waals surface area contributed by atoms with Gasteiger partial charge in [-0.2, -0.15) is 0 Å². The number of aromatic hydroxyl groups is 1. The van der Waals surface area contributed by atoms with Gasteiger partial charge in [0.15, 0.2) is 0 Å². The average Bonchev–Trinajstić information content (AvgIpc) is 2.90. The molecule has 0 aliphatic rings. The molecule has 0 fully saturated rings. The van der Waals surface area contributed by atoms with Crippen molar-refractivity contribution in [1.82, 2.24) is 0 Å². The number of hydrogen-bond acceptors (Lipinski definition) is 10. The van der Waals surface area contributed by atoms with Crippen molar-refractivity contribution < 1.29 is 19.9 Å². The van der Waals surface area contributed by atoms with Crippen LogP contribution >= 0.6 is 11.6 Å². The number of phenolic OH excluding ortho intramolecular Hbond substituents is 1. The smallest absolute Gasteiger partial charge is 0.299 e. The number of non-ortho nitro benzene ring substituents is 1. The van der Waals surface area contributed by atoms with Gasteiger partial charge >= 0.3 is 0 Å². The summed E-state index contributed by atoms with van der Waals surface area (Å²) in [5.74, 6) is -0.237. The lowest BCUT2D eigenvalue weighted by Gasteiger charge is -2.13. The van der Waals surface area contributed by atoms with E-state index in [1.165, 1.54) is 18.3 Å². The van der Waals surface area contributed by atoms with Crippen LogP contribution < -0.4 is 10.6 Å². The molecular weight excluding hydrogens is 532 g/mol. The molecule has 0 spiro atoms. The third-order valence-corrected chi connectivity index (χ3v) is 5.62. The zero-order valence-corrected chi connectivity index (χ0v) is 20.4. The molecule has 0 aliphatic heterocycles. The van der Waals surface area contributed by atoms with Gasteiger partial charge < -0.3 is 15.7 Å². The number of benzene rings is 4. The van der Waals surface area contributed by atoms with Gasteiger partial charge in [0.2, 0.25) is 0 Å². The van der Waals surface area contributed by atoms with Gasteiger partial charge in [0.05, 0.1) is 32.2 Å². The molecule has 0 saturated carbocycles. The molecule has 0 heterocycles. The second-order valence-corrected chi connectivity index (χ2v) is 8.37. The second-order valence-electron chi connectivity index (χ2n) is 7.93. The van der Waals surface area contributed by atoms with Crippen molar-refractivity contribution in [3.8, 4) is 5.75 Å². The van der Waals surface area contributed by atoms with Crippen LogP contribution in [-0.4, -0.2) is 26.1 Å². The Kier molecular flexibility index (Phi) is 7.63. The molecule has 0 atom stereocenters. The normalized spacial score (nSPS) is 10.8. The fourth-order valence-corrected chi connectivity index (χ4v) is 3.63. The molecule has 13 nitrogen and oxygen atoms in total. The Morgan fingerprint density at radius 2 is 1.38 bits per heavy atom. The summed E-state index contributed by atoms with van der Waals surface area (Å²) >= 11 is 5.90. The van der Waals surface area contributed by atoms with E-state index in [9.17, 15) is 35.4 Å². The number of anilines is 4. The first-order valence-corrected chi connectivity index (χ1v) is 11.4. The van der Waals surface area contributed by atoms with Crippen molar-refractivity contribution in [1.29, 1.82) is 0 Å². The summed E-state index contributed by atoms with van der Waals surface area (Å²) in [7, 11) is 0. The summed E-state index contributed by atoms with van der Waals surface area (Å²) in [6, 6.07) is 18.3. The highest BCUT2D eigenvalue weighted by molar-refractivity contribution is 6.30. The lowest BCUT2D eigenvalue weighted by Crippen LogP contribution is -2.03. The molecule has 0 aromatic heterocycles. The maximum Gasteiger partial charge on any atom is 0.299 e. The summed E-state index contributed by atoms with van der Waals surface area (Å²) in [6.45, 7) is 0. The number of para-hydroxylation sites is 2. The topological polar surface area (TPSA) is 186 Å². The minimum absolute atomic E-state index is 0.0158. The van der Waals surface area contributed by atoms with E-state index in [1.54, 1.807) is 48.5 Å². The van der Waals surface area contributed by atoms with Gasteiger partial charge in [0.25, 0.3) is 17.1 Å². The Balaban J connectivity index is 1.74. The van der Waals surface area contributed by atoms with Gasteiger partial charge in [0.1, 0.15) is 17.1 Å². The predicted octanol–water partition coefficient (Wildman–Crippen LogP) is 7.01. The third-order valence-electron chi connectivity index (χ3n) is 5.37. The largest absolute Gasteiger partial charge is 0.507 e. The van der Waals surface area contributed by atoms with Gasteiger partial charge in [0, 0.05) is 34.6 Å². The van der Waals surface area contributed by atoms with Crippen molar-refractivity contribution in [2.24, 2.45) is 4.99 Å². The molecule has 0 unspecified atom stereocenters. The standard InChI is InChI=1S/C25H17ClN6O7/c26-16-5-7-17(8-6-16)28-21-12-22(24(32(38)39)13-23(21)31(36)37)29-20-4-2-1-3-19(20)27-14-15-11-18(30(34)35)9-10-25(15)33/h1-14,28-29,33H. The monoisotopic (exact) mass is 548 g/mol. The highest BCUT2D eigenvalue weighted by Crippen LogP contribution is 2.40. The van der Waals surface area contributed by atoms with Crippen LogP contribution in [0.25, 0.3) is 0 Å². The zero-order chi connectivity index (χ0) is 28.1. The summed E-state index contributed by atoms with van der Waals surface area (Å²) in [5, 5.41) is 50.9. The number of halogens is 1. The van der Waals surface area contributed by atoms with E-state index >= 15 is 0 Å². The van der Waals surface area contributed by atoms with Crippen LogP contribution in [0.1, 0.15) is 5.56 Å². The first kappa shape index (κ1) is 26.5. The zero-order valence-electron chi connectivity index (χ0n) is 19.6. The molecule has 0 saturated heterocycles. The summed E-state index contributed by atoms with van der Waals surface area (Å²) in [5.41, 5.74) is -0.313. The van der Waals surface area contributed by atoms with Crippen LogP contribution in [0.2, 0.25) is 5.02 Å². The molecule has 14 heteroatoms. The van der Waals surface area contributed by atoms with E-state index < -0.39 is 26.1 Å². The summed E-state index contributed by atoms with van der Waals surface area (Å²) < 4.78 is 0. The van der Waals surface area contributed by atoms with E-state index in [2.05, 4.69) is 15.6 Å². The van der Waals surface area contributed by atoms with Crippen molar-refractivity contribution in [3.63, 3.8) is 0 Å². The minimum atomic E-state index is -0.756. The van der Waals surface area contributed by atoms with E-state index in [4.69, 9.17) is 11.6 Å². The van der Waals surface area contributed by atoms with Crippen LogP contribution in [0, 0.1) is 30.3 Å². The van der Waals surface area contributed by atoms with Crippen LogP contribution in [0.5, 0.6) is 5.75 Å². The first-order chi connectivity index (χ1) is 18.6. The number of nitrogens with one attached hydrogen (secondary N) is 2. The molecule has 3 N–H and O–H groups in total. The van der Waals surface area contributed by atoms with E-state index in [0.29, 0.717) is 10.7 Å².